The molecule has 0 bridgehead atoms. The van der Waals surface area contributed by atoms with Gasteiger partial charge in [-0.2, -0.15) is 0 Å². The van der Waals surface area contributed by atoms with Crippen molar-refractivity contribution in [3.05, 3.63) is 0 Å². The first kappa shape index (κ1) is 52.0. The first-order valence-corrected chi connectivity index (χ1v) is 24.3. The lowest BCUT2D eigenvalue weighted by atomic mass is 10.0. The number of esters is 2. The molecule has 0 heterocycles. The first-order valence-electron chi connectivity index (χ1n) is 22.8. The van der Waals surface area contributed by atoms with Crippen LogP contribution in [0.5, 0.6) is 0 Å². The van der Waals surface area contributed by atoms with E-state index >= 15 is 0 Å². The summed E-state index contributed by atoms with van der Waals surface area (Å²) in [5.74, 6) is -0.779. The summed E-state index contributed by atoms with van der Waals surface area (Å²) < 4.78 is 32.7. The Hall–Kier alpha value is -0.950. The molecule has 0 radical (unpaired) electrons. The number of hydrogen-bond donors (Lipinski definition) is 1. The van der Waals surface area contributed by atoms with Gasteiger partial charge in [-0.05, 0) is 19.8 Å². The Balaban J connectivity index is 3.99. The van der Waals surface area contributed by atoms with Crippen LogP contribution in [0, 0.1) is 0 Å². The van der Waals surface area contributed by atoms with E-state index in [0.717, 1.165) is 38.5 Å². The van der Waals surface area contributed by atoms with E-state index in [1.54, 1.807) is 6.92 Å². The summed E-state index contributed by atoms with van der Waals surface area (Å²) >= 11 is 0. The molecule has 316 valence electrons. The number of hydrogen-bond acceptors (Lipinski definition) is 7. The van der Waals surface area contributed by atoms with Crippen molar-refractivity contribution in [2.75, 3.05) is 19.8 Å². The SMILES string of the molecule is CCCCCCCCCCCCCCCCCCCCC(=O)OC(COC(=O)CCCCCCCCCCCCCCCCC)COP(=O)(O)OCC. The van der Waals surface area contributed by atoms with Crippen LogP contribution in [0.4, 0.5) is 0 Å². The van der Waals surface area contributed by atoms with Gasteiger partial charge in [-0.25, -0.2) is 4.57 Å². The number of unbranched alkanes of at least 4 members (excludes halogenated alkanes) is 31. The lowest BCUT2D eigenvalue weighted by Crippen LogP contribution is -2.29. The van der Waals surface area contributed by atoms with Crippen LogP contribution < -0.4 is 0 Å². The molecule has 2 atom stereocenters. The van der Waals surface area contributed by atoms with Gasteiger partial charge >= 0.3 is 19.8 Å². The predicted octanol–water partition coefficient (Wildman–Crippen LogP) is 14.3. The molecule has 0 amide bonds. The fraction of sp³-hybridized carbons (Fsp3) is 0.955. The molecule has 0 saturated heterocycles. The highest BCUT2D eigenvalue weighted by molar-refractivity contribution is 7.47. The zero-order chi connectivity index (χ0) is 38.9. The van der Waals surface area contributed by atoms with Crippen molar-refractivity contribution in [2.24, 2.45) is 0 Å². The van der Waals surface area contributed by atoms with Gasteiger partial charge in [-0.1, -0.05) is 213 Å². The summed E-state index contributed by atoms with van der Waals surface area (Å²) in [6.45, 7) is 5.53. The van der Waals surface area contributed by atoms with Gasteiger partial charge in [0.15, 0.2) is 6.10 Å². The van der Waals surface area contributed by atoms with Gasteiger partial charge in [0, 0.05) is 12.8 Å². The van der Waals surface area contributed by atoms with Gasteiger partial charge in [0.25, 0.3) is 0 Å². The molecule has 0 spiro atoms. The largest absolute Gasteiger partial charge is 0.472 e. The standard InChI is InChI=1S/C44H87O8P/c1-4-7-9-11-13-15-17-19-21-22-23-25-27-29-31-33-35-37-39-44(46)52-42(41-51-53(47,48)50-6-3)40-49-43(45)38-36-34-32-30-28-26-24-20-18-16-14-12-10-8-5-2/h42H,4-41H2,1-3H3,(H,47,48). The molecule has 0 aromatic rings. The number of phosphoric acid groups is 1. The third kappa shape index (κ3) is 40.5. The van der Waals surface area contributed by atoms with Gasteiger partial charge in [-0.3, -0.25) is 18.6 Å². The third-order valence-electron chi connectivity index (χ3n) is 10.2. The molecule has 8 nitrogen and oxygen atoms in total. The average Bonchev–Trinajstić information content (AvgIpc) is 3.13. The van der Waals surface area contributed by atoms with Gasteiger partial charge in [-0.15, -0.1) is 0 Å². The van der Waals surface area contributed by atoms with Crippen LogP contribution >= 0.6 is 7.82 Å². The van der Waals surface area contributed by atoms with E-state index < -0.39 is 19.9 Å². The second kappa shape index (κ2) is 40.7. The summed E-state index contributed by atoms with van der Waals surface area (Å²) in [5.41, 5.74) is 0. The smallest absolute Gasteiger partial charge is 0.462 e. The van der Waals surface area contributed by atoms with Gasteiger partial charge in [0.05, 0.1) is 13.2 Å². The summed E-state index contributed by atoms with van der Waals surface area (Å²) in [5, 5.41) is 0. The van der Waals surface area contributed by atoms with Crippen molar-refractivity contribution >= 4 is 19.8 Å². The molecule has 0 saturated carbocycles. The monoisotopic (exact) mass is 775 g/mol. The van der Waals surface area contributed by atoms with Crippen molar-refractivity contribution in [1.29, 1.82) is 0 Å². The first-order chi connectivity index (χ1) is 25.8. The molecular weight excluding hydrogens is 687 g/mol. The topological polar surface area (TPSA) is 108 Å². The molecule has 0 aliphatic rings. The molecule has 0 aromatic heterocycles. The highest BCUT2D eigenvalue weighted by Gasteiger charge is 2.25. The second-order valence-electron chi connectivity index (χ2n) is 15.4. The van der Waals surface area contributed by atoms with E-state index in [2.05, 4.69) is 13.8 Å². The second-order valence-corrected chi connectivity index (χ2v) is 16.9. The van der Waals surface area contributed by atoms with Crippen LogP contribution in [0.1, 0.15) is 245 Å². The van der Waals surface area contributed by atoms with Crippen molar-refractivity contribution < 1.29 is 37.6 Å². The minimum Gasteiger partial charge on any atom is -0.462 e. The number of ether oxygens (including phenoxy) is 2. The van der Waals surface area contributed by atoms with E-state index in [0.29, 0.717) is 6.42 Å². The molecule has 0 rings (SSSR count). The van der Waals surface area contributed by atoms with Crippen LogP contribution in [0.3, 0.4) is 0 Å². The molecule has 0 aliphatic carbocycles. The van der Waals surface area contributed by atoms with Crippen LogP contribution in [-0.4, -0.2) is 42.8 Å². The van der Waals surface area contributed by atoms with Crippen molar-refractivity contribution in [3.8, 4) is 0 Å². The maximum absolute atomic E-state index is 12.6. The number of phosphoric ester groups is 1. The lowest BCUT2D eigenvalue weighted by molar-refractivity contribution is -0.161. The minimum atomic E-state index is -4.27. The van der Waals surface area contributed by atoms with Crippen LogP contribution in [-0.2, 0) is 32.7 Å². The molecule has 0 aromatic carbocycles. The average molecular weight is 775 g/mol. The summed E-state index contributed by atoms with van der Waals surface area (Å²) in [4.78, 5) is 34.8. The maximum Gasteiger partial charge on any atom is 0.472 e. The Kier molecular flexibility index (Phi) is 40.0. The molecule has 1 N–H and O–H groups in total. The molecular formula is C44H87O8P. The fourth-order valence-corrected chi connectivity index (χ4v) is 7.56. The van der Waals surface area contributed by atoms with E-state index in [1.807, 2.05) is 0 Å². The zero-order valence-corrected chi connectivity index (χ0v) is 36.1. The third-order valence-corrected chi connectivity index (χ3v) is 11.2. The fourth-order valence-electron chi connectivity index (χ4n) is 6.81. The van der Waals surface area contributed by atoms with E-state index in [9.17, 15) is 19.0 Å². The van der Waals surface area contributed by atoms with Crippen molar-refractivity contribution in [2.45, 2.75) is 252 Å². The highest BCUT2D eigenvalue weighted by Crippen LogP contribution is 2.43. The normalized spacial score (nSPS) is 13.2. The molecule has 0 aliphatic heterocycles. The number of carbonyl (C=O) groups excluding carboxylic acids is 2. The maximum atomic E-state index is 12.6. The van der Waals surface area contributed by atoms with E-state index in [-0.39, 0.29) is 32.2 Å². The van der Waals surface area contributed by atoms with E-state index in [1.165, 1.54) is 173 Å². The highest BCUT2D eigenvalue weighted by atomic mass is 31.2. The van der Waals surface area contributed by atoms with Crippen molar-refractivity contribution in [1.82, 2.24) is 0 Å². The van der Waals surface area contributed by atoms with Gasteiger partial charge in [0.1, 0.15) is 6.61 Å². The van der Waals surface area contributed by atoms with Crippen LogP contribution in [0.15, 0.2) is 0 Å². The quantitative estimate of drug-likeness (QED) is 0.0370. The Morgan fingerprint density at radius 2 is 0.736 bits per heavy atom. The molecule has 53 heavy (non-hydrogen) atoms. The van der Waals surface area contributed by atoms with Gasteiger partial charge in [0.2, 0.25) is 0 Å². The van der Waals surface area contributed by atoms with Crippen molar-refractivity contribution in [3.63, 3.8) is 0 Å². The minimum absolute atomic E-state index is 0.00578. The number of rotatable bonds is 43. The number of carbonyl (C=O) groups is 2. The Morgan fingerprint density at radius 3 is 1.06 bits per heavy atom. The molecule has 0 fully saturated rings. The van der Waals surface area contributed by atoms with Gasteiger partial charge < -0.3 is 14.4 Å². The summed E-state index contributed by atoms with van der Waals surface area (Å²) in [7, 11) is -4.27. The van der Waals surface area contributed by atoms with Crippen LogP contribution in [0.25, 0.3) is 0 Å². The lowest BCUT2D eigenvalue weighted by Gasteiger charge is -2.19. The van der Waals surface area contributed by atoms with Crippen LogP contribution in [0.2, 0.25) is 0 Å². The Morgan fingerprint density at radius 1 is 0.434 bits per heavy atom. The summed E-state index contributed by atoms with van der Waals surface area (Å²) in [6.07, 6.45) is 41.5. The molecule has 2 unspecified atom stereocenters. The zero-order valence-electron chi connectivity index (χ0n) is 35.2. The Labute approximate surface area is 328 Å². The van der Waals surface area contributed by atoms with E-state index in [4.69, 9.17) is 18.5 Å². The molecule has 9 heteroatoms. The predicted molar refractivity (Wildman–Crippen MR) is 221 cm³/mol. The summed E-state index contributed by atoms with van der Waals surface area (Å²) in [6, 6.07) is 0. The Bertz CT molecular complexity index is 838.